The Morgan fingerprint density at radius 3 is 2.45 bits per heavy atom. The summed E-state index contributed by atoms with van der Waals surface area (Å²) in [5.41, 5.74) is 2.34. The SMILES string of the molecule is Cc1nc(SC(C)C(=O)NC(C)C)n(C2CCCCC2)c1C. The van der Waals surface area contributed by atoms with Crippen molar-refractivity contribution in [2.45, 2.75) is 89.2 Å². The maximum absolute atomic E-state index is 12.2. The molecule has 0 saturated heterocycles. The number of hydrogen-bond donors (Lipinski definition) is 1. The molecular weight excluding hydrogens is 294 g/mol. The summed E-state index contributed by atoms with van der Waals surface area (Å²) in [7, 11) is 0. The largest absolute Gasteiger partial charge is 0.353 e. The van der Waals surface area contributed by atoms with Crippen LogP contribution in [0.25, 0.3) is 0 Å². The third kappa shape index (κ3) is 4.06. The van der Waals surface area contributed by atoms with Crippen molar-refractivity contribution in [3.05, 3.63) is 11.4 Å². The molecule has 1 unspecified atom stereocenters. The second-order valence-corrected chi connectivity index (χ2v) is 7.96. The first kappa shape index (κ1) is 17.4. The van der Waals surface area contributed by atoms with Crippen LogP contribution in [-0.2, 0) is 4.79 Å². The van der Waals surface area contributed by atoms with Crippen molar-refractivity contribution in [2.75, 3.05) is 0 Å². The molecule has 0 aromatic carbocycles. The lowest BCUT2D eigenvalue weighted by atomic mass is 9.95. The summed E-state index contributed by atoms with van der Waals surface area (Å²) in [6.45, 7) is 10.2. The Balaban J connectivity index is 2.16. The Morgan fingerprint density at radius 1 is 1.23 bits per heavy atom. The van der Waals surface area contributed by atoms with Gasteiger partial charge in [0.1, 0.15) is 0 Å². The molecule has 1 aliphatic rings. The average molecular weight is 324 g/mol. The molecule has 1 amide bonds. The van der Waals surface area contributed by atoms with Crippen molar-refractivity contribution in [3.63, 3.8) is 0 Å². The van der Waals surface area contributed by atoms with E-state index in [2.05, 4.69) is 23.7 Å². The van der Waals surface area contributed by atoms with E-state index < -0.39 is 0 Å². The van der Waals surface area contributed by atoms with Gasteiger partial charge in [-0.1, -0.05) is 31.0 Å². The highest BCUT2D eigenvalue weighted by Crippen LogP contribution is 2.35. The number of carbonyl (C=O) groups is 1. The predicted octanol–water partition coefficient (Wildman–Crippen LogP) is 4.01. The summed E-state index contributed by atoms with van der Waals surface area (Å²) in [6, 6.07) is 0.731. The van der Waals surface area contributed by atoms with Gasteiger partial charge in [0.2, 0.25) is 5.91 Å². The summed E-state index contributed by atoms with van der Waals surface area (Å²) in [4.78, 5) is 16.9. The van der Waals surface area contributed by atoms with Gasteiger partial charge in [-0.3, -0.25) is 4.79 Å². The Morgan fingerprint density at radius 2 is 1.86 bits per heavy atom. The van der Waals surface area contributed by atoms with Crippen LogP contribution in [0.2, 0.25) is 0 Å². The number of amides is 1. The van der Waals surface area contributed by atoms with Gasteiger partial charge in [-0.05, 0) is 47.5 Å². The second kappa shape index (κ2) is 7.53. The fourth-order valence-electron chi connectivity index (χ4n) is 3.06. The molecule has 1 N–H and O–H groups in total. The minimum absolute atomic E-state index is 0.0912. The van der Waals surface area contributed by atoms with E-state index in [1.165, 1.54) is 37.8 Å². The zero-order valence-corrected chi connectivity index (χ0v) is 15.3. The van der Waals surface area contributed by atoms with Crippen molar-refractivity contribution in [2.24, 2.45) is 0 Å². The topological polar surface area (TPSA) is 46.9 Å². The summed E-state index contributed by atoms with van der Waals surface area (Å²) >= 11 is 1.59. The summed E-state index contributed by atoms with van der Waals surface area (Å²) in [5.74, 6) is 0.0912. The van der Waals surface area contributed by atoms with Crippen molar-refractivity contribution >= 4 is 17.7 Å². The summed E-state index contributed by atoms with van der Waals surface area (Å²) in [6.07, 6.45) is 6.41. The molecule has 1 atom stereocenters. The van der Waals surface area contributed by atoms with Gasteiger partial charge in [-0.2, -0.15) is 0 Å². The van der Waals surface area contributed by atoms with Crippen molar-refractivity contribution in [1.29, 1.82) is 0 Å². The van der Waals surface area contributed by atoms with Gasteiger partial charge in [0.15, 0.2) is 5.16 Å². The maximum Gasteiger partial charge on any atom is 0.233 e. The first-order chi connectivity index (χ1) is 10.4. The number of carbonyl (C=O) groups excluding carboxylic acids is 1. The van der Waals surface area contributed by atoms with E-state index in [9.17, 15) is 4.79 Å². The molecule has 124 valence electrons. The van der Waals surface area contributed by atoms with E-state index in [0.717, 1.165) is 10.9 Å². The minimum atomic E-state index is -0.119. The molecule has 1 heterocycles. The molecule has 2 rings (SSSR count). The number of nitrogens with one attached hydrogen (secondary N) is 1. The first-order valence-electron chi connectivity index (χ1n) is 8.42. The molecule has 1 aromatic heterocycles. The van der Waals surface area contributed by atoms with Crippen molar-refractivity contribution < 1.29 is 4.79 Å². The molecule has 0 aliphatic heterocycles. The molecular formula is C17H29N3OS. The minimum Gasteiger partial charge on any atom is -0.353 e. The predicted molar refractivity (Wildman–Crippen MR) is 92.4 cm³/mol. The van der Waals surface area contributed by atoms with Crippen LogP contribution in [-0.4, -0.2) is 26.8 Å². The fourth-order valence-corrected chi connectivity index (χ4v) is 4.14. The third-order valence-electron chi connectivity index (χ3n) is 4.38. The number of hydrogen-bond acceptors (Lipinski definition) is 3. The van der Waals surface area contributed by atoms with Crippen LogP contribution in [0, 0.1) is 13.8 Å². The Hall–Kier alpha value is -0.970. The Kier molecular flexibility index (Phi) is 5.95. The van der Waals surface area contributed by atoms with E-state index in [0.29, 0.717) is 6.04 Å². The van der Waals surface area contributed by atoms with Crippen molar-refractivity contribution in [1.82, 2.24) is 14.9 Å². The van der Waals surface area contributed by atoms with Crippen LogP contribution in [0.15, 0.2) is 5.16 Å². The van der Waals surface area contributed by atoms with Gasteiger partial charge in [0.25, 0.3) is 0 Å². The molecule has 0 radical (unpaired) electrons. The van der Waals surface area contributed by atoms with Gasteiger partial charge >= 0.3 is 0 Å². The lowest BCUT2D eigenvalue weighted by molar-refractivity contribution is -0.120. The van der Waals surface area contributed by atoms with E-state index in [4.69, 9.17) is 4.98 Å². The van der Waals surface area contributed by atoms with Crippen LogP contribution in [0.3, 0.4) is 0 Å². The lowest BCUT2D eigenvalue weighted by Crippen LogP contribution is -2.36. The van der Waals surface area contributed by atoms with Crippen LogP contribution in [0.4, 0.5) is 0 Å². The highest BCUT2D eigenvalue weighted by Gasteiger charge is 2.25. The third-order valence-corrected chi connectivity index (χ3v) is 5.44. The van der Waals surface area contributed by atoms with E-state index in [1.807, 2.05) is 20.8 Å². The number of thioether (sulfide) groups is 1. The van der Waals surface area contributed by atoms with Crippen LogP contribution < -0.4 is 5.32 Å². The molecule has 1 fully saturated rings. The molecule has 0 spiro atoms. The Bertz CT molecular complexity index is 518. The monoisotopic (exact) mass is 323 g/mol. The first-order valence-corrected chi connectivity index (χ1v) is 9.30. The molecule has 1 aliphatic carbocycles. The maximum atomic E-state index is 12.2. The van der Waals surface area contributed by atoms with Gasteiger partial charge in [-0.15, -0.1) is 0 Å². The highest BCUT2D eigenvalue weighted by molar-refractivity contribution is 8.00. The number of aromatic nitrogens is 2. The van der Waals surface area contributed by atoms with Crippen LogP contribution >= 0.6 is 11.8 Å². The molecule has 4 nitrogen and oxygen atoms in total. The molecule has 0 bridgehead atoms. The van der Waals surface area contributed by atoms with Crippen LogP contribution in [0.5, 0.6) is 0 Å². The number of rotatable bonds is 5. The number of imidazole rings is 1. The van der Waals surface area contributed by atoms with E-state index in [-0.39, 0.29) is 17.2 Å². The zero-order chi connectivity index (χ0) is 16.3. The van der Waals surface area contributed by atoms with Gasteiger partial charge < -0.3 is 9.88 Å². The quantitative estimate of drug-likeness (QED) is 0.833. The lowest BCUT2D eigenvalue weighted by Gasteiger charge is -2.26. The van der Waals surface area contributed by atoms with Gasteiger partial charge in [0, 0.05) is 17.8 Å². The number of nitrogens with zero attached hydrogens (tertiary/aromatic N) is 2. The Labute approximate surface area is 138 Å². The molecule has 1 aromatic rings. The second-order valence-electron chi connectivity index (χ2n) is 6.65. The normalized spacial score (nSPS) is 17.7. The van der Waals surface area contributed by atoms with Crippen molar-refractivity contribution in [3.8, 4) is 0 Å². The van der Waals surface area contributed by atoms with Gasteiger partial charge in [-0.25, -0.2) is 4.98 Å². The smallest absolute Gasteiger partial charge is 0.233 e. The zero-order valence-electron chi connectivity index (χ0n) is 14.5. The standard InChI is InChI=1S/C17H29N3OS/c1-11(2)18-16(21)14(5)22-17-19-12(3)13(4)20(17)15-9-7-6-8-10-15/h11,14-15H,6-10H2,1-5H3,(H,18,21). The summed E-state index contributed by atoms with van der Waals surface area (Å²) in [5, 5.41) is 3.87. The van der Waals surface area contributed by atoms with Crippen LogP contribution in [0.1, 0.15) is 70.3 Å². The summed E-state index contributed by atoms with van der Waals surface area (Å²) < 4.78 is 2.39. The van der Waals surface area contributed by atoms with Gasteiger partial charge in [0.05, 0.1) is 10.9 Å². The average Bonchev–Trinajstić information content (AvgIpc) is 2.74. The highest BCUT2D eigenvalue weighted by atomic mass is 32.2. The van der Waals surface area contributed by atoms with E-state index >= 15 is 0 Å². The molecule has 1 saturated carbocycles. The molecule has 5 heteroatoms. The number of aryl methyl sites for hydroxylation is 1. The molecule has 22 heavy (non-hydrogen) atoms. The van der Waals surface area contributed by atoms with E-state index in [1.54, 1.807) is 11.8 Å². The fraction of sp³-hybridized carbons (Fsp3) is 0.765.